The van der Waals surface area contributed by atoms with Crippen LogP contribution in [0.5, 0.6) is 0 Å². The molecule has 21 heavy (non-hydrogen) atoms. The van der Waals surface area contributed by atoms with Crippen molar-refractivity contribution < 1.29 is 9.90 Å². The Morgan fingerprint density at radius 3 is 1.43 bits per heavy atom. The third-order valence-corrected chi connectivity index (χ3v) is 4.48. The van der Waals surface area contributed by atoms with E-state index in [1.807, 2.05) is 6.92 Å². The first-order valence-electron chi connectivity index (χ1n) is 9.43. The zero-order chi connectivity index (χ0) is 15.8. The van der Waals surface area contributed by atoms with Crippen molar-refractivity contribution in [3.63, 3.8) is 0 Å². The predicted molar refractivity (Wildman–Crippen MR) is 89.1 cm³/mol. The quantitative estimate of drug-likeness (QED) is 0.365. The highest BCUT2D eigenvalue weighted by atomic mass is 16.4. The van der Waals surface area contributed by atoms with Crippen molar-refractivity contribution in [3.05, 3.63) is 0 Å². The molecule has 0 aliphatic rings. The van der Waals surface area contributed by atoms with Crippen molar-refractivity contribution in [3.8, 4) is 0 Å². The summed E-state index contributed by atoms with van der Waals surface area (Å²) in [5.74, 6) is -1.09. The lowest BCUT2D eigenvalue weighted by Crippen LogP contribution is -2.30. The maximum Gasteiger partial charge on any atom is 0.0445 e. The summed E-state index contributed by atoms with van der Waals surface area (Å²) < 4.78 is 0. The van der Waals surface area contributed by atoms with E-state index in [4.69, 9.17) is 0 Å². The number of carbonyl (C=O) groups is 1. The molecule has 1 atom stereocenters. The van der Waals surface area contributed by atoms with Gasteiger partial charge in [-0.25, -0.2) is 0 Å². The fourth-order valence-corrected chi connectivity index (χ4v) is 2.90. The summed E-state index contributed by atoms with van der Waals surface area (Å²) in [7, 11) is 0. The summed E-state index contributed by atoms with van der Waals surface area (Å²) in [6.45, 7) is 4.20. The molecule has 0 saturated heterocycles. The maximum atomic E-state index is 10.8. The molecule has 0 radical (unpaired) electrons. The highest BCUT2D eigenvalue weighted by Gasteiger charge is 2.06. The minimum Gasteiger partial charge on any atom is -0.550 e. The second-order valence-corrected chi connectivity index (χ2v) is 6.46. The van der Waals surface area contributed by atoms with Gasteiger partial charge in [0.2, 0.25) is 0 Å². The van der Waals surface area contributed by atoms with Gasteiger partial charge in [-0.3, -0.25) is 0 Å². The van der Waals surface area contributed by atoms with E-state index < -0.39 is 5.97 Å². The highest BCUT2D eigenvalue weighted by molar-refractivity contribution is 5.67. The van der Waals surface area contributed by atoms with Crippen molar-refractivity contribution in [1.82, 2.24) is 0 Å². The Morgan fingerprint density at radius 1 is 0.714 bits per heavy atom. The molecule has 0 aromatic carbocycles. The fraction of sp³-hybridized carbons (Fsp3) is 0.947. The average Bonchev–Trinajstić information content (AvgIpc) is 2.47. The van der Waals surface area contributed by atoms with Crippen molar-refractivity contribution in [2.75, 3.05) is 0 Å². The molecule has 0 aliphatic heterocycles. The lowest BCUT2D eigenvalue weighted by molar-refractivity contribution is -0.311. The SMILES string of the molecule is CCCCCCCCCCCCCCCC(CC)C(=O)[O-]. The Morgan fingerprint density at radius 2 is 1.10 bits per heavy atom. The number of carboxylic acid groups (broad SMARTS) is 1. The van der Waals surface area contributed by atoms with Gasteiger partial charge in [-0.2, -0.15) is 0 Å². The zero-order valence-electron chi connectivity index (χ0n) is 14.5. The van der Waals surface area contributed by atoms with Crippen LogP contribution in [-0.2, 0) is 4.79 Å². The number of hydrogen-bond donors (Lipinski definition) is 0. The Kier molecular flexibility index (Phi) is 15.5. The molecule has 0 aromatic heterocycles. The largest absolute Gasteiger partial charge is 0.550 e. The van der Waals surface area contributed by atoms with Gasteiger partial charge in [-0.15, -0.1) is 0 Å². The summed E-state index contributed by atoms with van der Waals surface area (Å²) in [5, 5.41) is 10.8. The molecule has 0 aliphatic carbocycles. The van der Waals surface area contributed by atoms with Gasteiger partial charge in [-0.05, 0) is 18.8 Å². The molecule has 0 amide bonds. The molecule has 0 N–H and O–H groups in total. The first-order valence-corrected chi connectivity index (χ1v) is 9.43. The van der Waals surface area contributed by atoms with Crippen LogP contribution in [0.3, 0.4) is 0 Å². The molecule has 126 valence electrons. The van der Waals surface area contributed by atoms with Crippen LogP contribution in [0.25, 0.3) is 0 Å². The number of carbonyl (C=O) groups excluding carboxylic acids is 1. The lowest BCUT2D eigenvalue weighted by atomic mass is 9.98. The Bertz CT molecular complexity index is 226. The van der Waals surface area contributed by atoms with E-state index in [0.29, 0.717) is 6.42 Å². The molecule has 0 bridgehead atoms. The highest BCUT2D eigenvalue weighted by Crippen LogP contribution is 2.15. The summed E-state index contributed by atoms with van der Waals surface area (Å²) in [6, 6.07) is 0. The topological polar surface area (TPSA) is 40.1 Å². The Balaban J connectivity index is 3.14. The average molecular weight is 298 g/mol. The summed E-state index contributed by atoms with van der Waals surface area (Å²) in [4.78, 5) is 10.8. The molecular formula is C19H37O2-. The van der Waals surface area contributed by atoms with Gasteiger partial charge in [0, 0.05) is 5.97 Å². The van der Waals surface area contributed by atoms with E-state index >= 15 is 0 Å². The van der Waals surface area contributed by atoms with Gasteiger partial charge in [-0.1, -0.05) is 97.3 Å². The van der Waals surface area contributed by atoms with Crippen LogP contribution >= 0.6 is 0 Å². The molecule has 0 saturated carbocycles. The van der Waals surface area contributed by atoms with Gasteiger partial charge in [0.05, 0.1) is 0 Å². The van der Waals surface area contributed by atoms with Crippen LogP contribution in [0, 0.1) is 5.92 Å². The van der Waals surface area contributed by atoms with E-state index in [2.05, 4.69) is 6.92 Å². The molecule has 0 rings (SSSR count). The van der Waals surface area contributed by atoms with Crippen molar-refractivity contribution >= 4 is 5.97 Å². The molecule has 0 aromatic rings. The minimum atomic E-state index is -0.864. The van der Waals surface area contributed by atoms with Crippen molar-refractivity contribution in [2.45, 2.75) is 110 Å². The molecule has 1 unspecified atom stereocenters. The third kappa shape index (κ3) is 14.2. The Hall–Kier alpha value is -0.530. The number of rotatable bonds is 16. The van der Waals surface area contributed by atoms with Crippen molar-refractivity contribution in [1.29, 1.82) is 0 Å². The standard InChI is InChI=1S/C19H38O2/c1-3-5-6-7-8-9-10-11-12-13-14-15-16-17-18(4-2)19(20)21/h18H,3-17H2,1-2H3,(H,20,21)/p-1. The number of aliphatic carboxylic acids is 1. The van der Waals surface area contributed by atoms with Crippen LogP contribution < -0.4 is 5.11 Å². The molecule has 2 heteroatoms. The van der Waals surface area contributed by atoms with Gasteiger partial charge in [0.25, 0.3) is 0 Å². The van der Waals surface area contributed by atoms with Gasteiger partial charge in [0.15, 0.2) is 0 Å². The summed E-state index contributed by atoms with van der Waals surface area (Å²) in [6.07, 6.45) is 18.9. The fourth-order valence-electron chi connectivity index (χ4n) is 2.90. The van der Waals surface area contributed by atoms with Crippen LogP contribution in [0.15, 0.2) is 0 Å². The Labute approximate surface area is 132 Å². The van der Waals surface area contributed by atoms with E-state index in [1.54, 1.807) is 0 Å². The normalized spacial score (nSPS) is 12.5. The minimum absolute atomic E-state index is 0.224. The van der Waals surface area contributed by atoms with Gasteiger partial charge in [0.1, 0.15) is 0 Å². The van der Waals surface area contributed by atoms with E-state index in [0.717, 1.165) is 12.8 Å². The number of carboxylic acids is 1. The predicted octanol–water partition coefficient (Wildman–Crippen LogP) is 5.24. The number of hydrogen-bond acceptors (Lipinski definition) is 2. The number of unbranched alkanes of at least 4 members (excludes halogenated alkanes) is 12. The van der Waals surface area contributed by atoms with Crippen molar-refractivity contribution in [2.24, 2.45) is 5.92 Å². The summed E-state index contributed by atoms with van der Waals surface area (Å²) in [5.41, 5.74) is 0. The lowest BCUT2D eigenvalue weighted by Gasteiger charge is -2.15. The second-order valence-electron chi connectivity index (χ2n) is 6.46. The van der Waals surface area contributed by atoms with Crippen LogP contribution in [0.4, 0.5) is 0 Å². The van der Waals surface area contributed by atoms with Gasteiger partial charge >= 0.3 is 0 Å². The maximum absolute atomic E-state index is 10.8. The van der Waals surface area contributed by atoms with Crippen LogP contribution in [0.2, 0.25) is 0 Å². The zero-order valence-corrected chi connectivity index (χ0v) is 14.5. The van der Waals surface area contributed by atoms with Crippen LogP contribution in [0.1, 0.15) is 110 Å². The third-order valence-electron chi connectivity index (χ3n) is 4.48. The first kappa shape index (κ1) is 20.5. The molecular weight excluding hydrogens is 260 g/mol. The van der Waals surface area contributed by atoms with E-state index in [9.17, 15) is 9.90 Å². The summed E-state index contributed by atoms with van der Waals surface area (Å²) >= 11 is 0. The molecule has 0 spiro atoms. The molecule has 0 heterocycles. The van der Waals surface area contributed by atoms with E-state index in [-0.39, 0.29) is 5.92 Å². The second kappa shape index (κ2) is 15.9. The monoisotopic (exact) mass is 297 g/mol. The smallest absolute Gasteiger partial charge is 0.0445 e. The molecule has 0 fully saturated rings. The van der Waals surface area contributed by atoms with E-state index in [1.165, 1.54) is 77.0 Å². The van der Waals surface area contributed by atoms with Crippen LogP contribution in [-0.4, -0.2) is 5.97 Å². The first-order chi connectivity index (χ1) is 10.2. The van der Waals surface area contributed by atoms with Gasteiger partial charge < -0.3 is 9.90 Å². The molecule has 2 nitrogen and oxygen atoms in total.